The summed E-state index contributed by atoms with van der Waals surface area (Å²) in [5.41, 5.74) is 1.39. The second-order valence-electron chi connectivity index (χ2n) is 9.58. The fourth-order valence-electron chi connectivity index (χ4n) is 6.64. The van der Waals surface area contributed by atoms with Gasteiger partial charge in [0.15, 0.2) is 5.82 Å². The minimum atomic E-state index is -0.310. The number of H-pyrrole nitrogens is 1. The van der Waals surface area contributed by atoms with E-state index in [4.69, 9.17) is 0 Å². The van der Waals surface area contributed by atoms with Crippen molar-refractivity contribution in [3.8, 4) is 11.4 Å². The van der Waals surface area contributed by atoms with Crippen molar-refractivity contribution in [2.24, 2.45) is 17.3 Å². The lowest BCUT2D eigenvalue weighted by Crippen LogP contribution is -2.60. The predicted octanol–water partition coefficient (Wildman–Crippen LogP) is 3.31. The quantitative estimate of drug-likeness (QED) is 0.696. The van der Waals surface area contributed by atoms with Crippen LogP contribution in [0.3, 0.4) is 0 Å². The van der Waals surface area contributed by atoms with Gasteiger partial charge in [0.25, 0.3) is 0 Å². The largest absolute Gasteiger partial charge is 0.326 e. The first kappa shape index (κ1) is 17.8. The van der Waals surface area contributed by atoms with Gasteiger partial charge >= 0.3 is 0 Å². The number of carbonyl (C=O) groups excluding carboxylic acids is 1. The van der Waals surface area contributed by atoms with Crippen LogP contribution >= 0.6 is 0 Å². The Morgan fingerprint density at radius 2 is 1.93 bits per heavy atom. The Balaban J connectivity index is 1.25. The van der Waals surface area contributed by atoms with Crippen molar-refractivity contribution in [2.75, 3.05) is 5.32 Å². The molecule has 4 bridgehead atoms. The summed E-state index contributed by atoms with van der Waals surface area (Å²) >= 11 is 0. The summed E-state index contributed by atoms with van der Waals surface area (Å²) in [6.07, 6.45) is 9.76. The molecule has 154 valence electrons. The molecular weight excluding hydrogens is 378 g/mol. The van der Waals surface area contributed by atoms with Crippen molar-refractivity contribution in [3.05, 3.63) is 42.7 Å². The third-order valence-electron chi connectivity index (χ3n) is 7.41. The molecule has 1 amide bonds. The molecular formula is C22H25N7O. The lowest BCUT2D eigenvalue weighted by atomic mass is 9.46. The van der Waals surface area contributed by atoms with E-state index in [0.717, 1.165) is 49.2 Å². The lowest BCUT2D eigenvalue weighted by Gasteiger charge is -2.60. The number of anilines is 1. The van der Waals surface area contributed by atoms with Crippen LogP contribution < -0.4 is 5.32 Å². The van der Waals surface area contributed by atoms with E-state index in [0.29, 0.717) is 17.7 Å². The Hall–Kier alpha value is -3.03. The first-order chi connectivity index (χ1) is 14.5. The fourth-order valence-corrected chi connectivity index (χ4v) is 6.64. The number of aromatic nitrogens is 6. The lowest BCUT2D eigenvalue weighted by molar-refractivity contribution is -0.150. The van der Waals surface area contributed by atoms with Crippen molar-refractivity contribution >= 4 is 11.6 Å². The predicted molar refractivity (Wildman–Crippen MR) is 110 cm³/mol. The van der Waals surface area contributed by atoms with Gasteiger partial charge in [0.1, 0.15) is 18.5 Å². The van der Waals surface area contributed by atoms with Crippen LogP contribution in [-0.2, 0) is 10.3 Å². The molecule has 2 aromatic heterocycles. The minimum absolute atomic E-state index is 0.0503. The highest BCUT2D eigenvalue weighted by molar-refractivity contribution is 5.96. The van der Waals surface area contributed by atoms with Gasteiger partial charge in [0.2, 0.25) is 5.91 Å². The molecule has 2 N–H and O–H groups in total. The van der Waals surface area contributed by atoms with Crippen LogP contribution in [0.25, 0.3) is 11.4 Å². The molecule has 8 nitrogen and oxygen atoms in total. The van der Waals surface area contributed by atoms with Crippen molar-refractivity contribution in [1.29, 1.82) is 0 Å². The number of amides is 1. The van der Waals surface area contributed by atoms with Crippen LogP contribution in [0, 0.1) is 24.2 Å². The fraction of sp³-hybridized carbons (Fsp3) is 0.500. The van der Waals surface area contributed by atoms with Gasteiger partial charge in [-0.25, -0.2) is 14.6 Å². The number of carbonyl (C=O) groups is 1. The van der Waals surface area contributed by atoms with Crippen LogP contribution in [0.15, 0.2) is 36.9 Å². The molecule has 7 rings (SSSR count). The van der Waals surface area contributed by atoms with Gasteiger partial charge in [-0.1, -0.05) is 0 Å². The molecule has 0 aliphatic heterocycles. The zero-order chi connectivity index (χ0) is 20.3. The Labute approximate surface area is 174 Å². The first-order valence-electron chi connectivity index (χ1n) is 10.7. The molecule has 3 aromatic rings. The maximum Gasteiger partial charge on any atom is 0.230 e. The molecule has 2 atom stereocenters. The number of nitrogens with one attached hydrogen (secondary N) is 2. The van der Waals surface area contributed by atoms with E-state index in [1.165, 1.54) is 6.42 Å². The third-order valence-corrected chi connectivity index (χ3v) is 7.41. The highest BCUT2D eigenvalue weighted by atomic mass is 16.2. The maximum absolute atomic E-state index is 13.6. The van der Waals surface area contributed by atoms with Gasteiger partial charge in [-0.05, 0) is 81.5 Å². The van der Waals surface area contributed by atoms with Crippen molar-refractivity contribution in [1.82, 2.24) is 29.9 Å². The first-order valence-corrected chi connectivity index (χ1v) is 10.7. The van der Waals surface area contributed by atoms with Crippen molar-refractivity contribution < 1.29 is 4.79 Å². The molecule has 30 heavy (non-hydrogen) atoms. The SMILES string of the molecule is Cc1nc(-c2ccc(NC(=O)C34CC5CC(C3)CC(n3cncn3)(C5)C4)cc2)n[nH]1. The second kappa shape index (κ2) is 6.23. The summed E-state index contributed by atoms with van der Waals surface area (Å²) in [6, 6.07) is 7.78. The van der Waals surface area contributed by atoms with Crippen LogP contribution in [0.2, 0.25) is 0 Å². The molecule has 2 heterocycles. The smallest absolute Gasteiger partial charge is 0.230 e. The number of hydrogen-bond donors (Lipinski definition) is 2. The van der Waals surface area contributed by atoms with E-state index in [2.05, 4.69) is 30.6 Å². The van der Waals surface area contributed by atoms with Crippen molar-refractivity contribution in [2.45, 2.75) is 51.0 Å². The Bertz CT molecular complexity index is 1070. The number of aryl methyl sites for hydroxylation is 1. The zero-order valence-electron chi connectivity index (χ0n) is 17.0. The molecule has 1 aromatic carbocycles. The number of aromatic amines is 1. The van der Waals surface area contributed by atoms with Gasteiger partial charge in [0, 0.05) is 11.3 Å². The van der Waals surface area contributed by atoms with E-state index >= 15 is 0 Å². The monoisotopic (exact) mass is 403 g/mol. The van der Waals surface area contributed by atoms with Crippen molar-refractivity contribution in [3.63, 3.8) is 0 Å². The maximum atomic E-state index is 13.6. The molecule has 4 aliphatic carbocycles. The van der Waals surface area contributed by atoms with Gasteiger partial charge in [-0.3, -0.25) is 9.89 Å². The van der Waals surface area contributed by atoms with E-state index < -0.39 is 0 Å². The Morgan fingerprint density at radius 3 is 2.57 bits per heavy atom. The van der Waals surface area contributed by atoms with Crippen LogP contribution in [-0.4, -0.2) is 35.9 Å². The summed E-state index contributed by atoms with van der Waals surface area (Å²) < 4.78 is 2.04. The highest BCUT2D eigenvalue weighted by Crippen LogP contribution is 2.64. The molecule has 4 aliphatic rings. The minimum Gasteiger partial charge on any atom is -0.326 e. The van der Waals surface area contributed by atoms with Gasteiger partial charge in [-0.15, -0.1) is 0 Å². The average molecular weight is 403 g/mol. The zero-order valence-corrected chi connectivity index (χ0v) is 17.0. The normalized spacial score (nSPS) is 31.8. The highest BCUT2D eigenvalue weighted by Gasteiger charge is 2.61. The summed E-state index contributed by atoms with van der Waals surface area (Å²) in [7, 11) is 0. The third kappa shape index (κ3) is 2.69. The standard InChI is InChI=1S/C22H25N7O/c1-14-25-19(28-27-14)17-2-4-18(5-3-17)26-20(30)21-7-15-6-16(8-21)10-22(9-15,11-21)29-13-23-12-24-29/h2-5,12-13,15-16H,6-11H2,1H3,(H,26,30)(H,25,27,28). The van der Waals surface area contributed by atoms with E-state index in [9.17, 15) is 4.79 Å². The summed E-state index contributed by atoms with van der Waals surface area (Å²) in [6.45, 7) is 1.88. The van der Waals surface area contributed by atoms with E-state index in [-0.39, 0.29) is 16.9 Å². The van der Waals surface area contributed by atoms with Gasteiger partial charge in [0.05, 0.1) is 11.0 Å². The number of hydrogen-bond acceptors (Lipinski definition) is 5. The van der Waals surface area contributed by atoms with Gasteiger partial charge in [-0.2, -0.15) is 10.2 Å². The molecule has 8 heteroatoms. The summed E-state index contributed by atoms with van der Waals surface area (Å²) in [5.74, 6) is 2.80. The van der Waals surface area contributed by atoms with E-state index in [1.807, 2.05) is 42.2 Å². The summed E-state index contributed by atoms with van der Waals surface area (Å²) in [4.78, 5) is 22.1. The van der Waals surface area contributed by atoms with Crippen LogP contribution in [0.1, 0.15) is 44.3 Å². The molecule has 4 saturated carbocycles. The number of rotatable bonds is 4. The summed E-state index contributed by atoms with van der Waals surface area (Å²) in [5, 5.41) is 14.8. The molecule has 0 spiro atoms. The van der Waals surface area contributed by atoms with E-state index in [1.54, 1.807) is 6.33 Å². The van der Waals surface area contributed by atoms with Crippen LogP contribution in [0.5, 0.6) is 0 Å². The molecule has 0 saturated heterocycles. The molecule has 2 unspecified atom stereocenters. The number of nitrogens with zero attached hydrogens (tertiary/aromatic N) is 5. The Kier molecular flexibility index (Phi) is 3.70. The average Bonchev–Trinajstić information content (AvgIpc) is 3.40. The Morgan fingerprint density at radius 1 is 1.17 bits per heavy atom. The second-order valence-corrected chi connectivity index (χ2v) is 9.58. The van der Waals surface area contributed by atoms with Crippen LogP contribution in [0.4, 0.5) is 5.69 Å². The topological polar surface area (TPSA) is 101 Å². The number of benzene rings is 1. The molecule has 0 radical (unpaired) electrons. The molecule has 4 fully saturated rings. The van der Waals surface area contributed by atoms with Gasteiger partial charge < -0.3 is 5.32 Å².